The highest BCUT2D eigenvalue weighted by molar-refractivity contribution is 14.0. The quantitative estimate of drug-likeness (QED) is 0.296. The van der Waals surface area contributed by atoms with Crippen molar-refractivity contribution in [2.75, 3.05) is 26.3 Å². The number of thiazole rings is 1. The van der Waals surface area contributed by atoms with Crippen LogP contribution in [0.3, 0.4) is 0 Å². The van der Waals surface area contributed by atoms with E-state index in [1.807, 2.05) is 13.0 Å². The van der Waals surface area contributed by atoms with Gasteiger partial charge in [-0.25, -0.2) is 9.98 Å². The van der Waals surface area contributed by atoms with E-state index in [0.717, 1.165) is 29.6 Å². The van der Waals surface area contributed by atoms with Gasteiger partial charge in [0.1, 0.15) is 5.01 Å². The average Bonchev–Trinajstić information content (AvgIpc) is 3.21. The molecule has 2 heterocycles. The minimum Gasteiger partial charge on any atom is -0.381 e. The summed E-state index contributed by atoms with van der Waals surface area (Å²) in [7, 11) is 0. The Hall–Kier alpha value is -1.40. The van der Waals surface area contributed by atoms with Gasteiger partial charge in [-0.05, 0) is 37.8 Å². The molecule has 0 aliphatic carbocycles. The fourth-order valence-corrected chi connectivity index (χ4v) is 4.45. The van der Waals surface area contributed by atoms with E-state index in [1.165, 1.54) is 11.1 Å². The third-order valence-electron chi connectivity index (χ3n) is 5.32. The highest BCUT2D eigenvalue weighted by Gasteiger charge is 2.36. The molecule has 0 radical (unpaired) electrons. The van der Waals surface area contributed by atoms with Crippen LogP contribution in [0.25, 0.3) is 0 Å². The SMILES string of the molecule is CCNC(=NCc1nc(C(F)(F)F)cs1)NCC1(c2ccccc2C)CCOCC1.I. The Balaban J connectivity index is 0.00000341. The fraction of sp³-hybridized carbons (Fsp3) is 0.524. The Morgan fingerprint density at radius 1 is 1.23 bits per heavy atom. The van der Waals surface area contributed by atoms with Gasteiger partial charge in [0.15, 0.2) is 11.7 Å². The largest absolute Gasteiger partial charge is 0.434 e. The van der Waals surface area contributed by atoms with Crippen molar-refractivity contribution in [2.24, 2.45) is 4.99 Å². The number of ether oxygens (including phenoxy) is 1. The first-order valence-corrected chi connectivity index (χ1v) is 10.9. The molecule has 2 N–H and O–H groups in total. The first kappa shape index (κ1) is 25.9. The summed E-state index contributed by atoms with van der Waals surface area (Å²) in [5.41, 5.74) is 1.60. The van der Waals surface area contributed by atoms with Crippen LogP contribution < -0.4 is 10.6 Å². The van der Waals surface area contributed by atoms with E-state index in [9.17, 15) is 13.2 Å². The molecule has 0 unspecified atom stereocenters. The van der Waals surface area contributed by atoms with Crippen molar-refractivity contribution in [1.82, 2.24) is 15.6 Å². The van der Waals surface area contributed by atoms with Crippen molar-refractivity contribution in [3.05, 3.63) is 51.5 Å². The monoisotopic (exact) mass is 568 g/mol. The molecule has 1 aliphatic rings. The zero-order chi connectivity index (χ0) is 21.6. The van der Waals surface area contributed by atoms with E-state index in [2.05, 4.69) is 45.7 Å². The highest BCUT2D eigenvalue weighted by atomic mass is 127. The van der Waals surface area contributed by atoms with E-state index in [1.54, 1.807) is 0 Å². The topological polar surface area (TPSA) is 58.5 Å². The molecule has 1 fully saturated rings. The first-order valence-electron chi connectivity index (χ1n) is 10.0. The second-order valence-electron chi connectivity index (χ2n) is 7.38. The lowest BCUT2D eigenvalue weighted by molar-refractivity contribution is -0.140. The van der Waals surface area contributed by atoms with E-state index >= 15 is 0 Å². The van der Waals surface area contributed by atoms with Gasteiger partial charge >= 0.3 is 6.18 Å². The molecule has 0 bridgehead atoms. The number of hydrogen-bond acceptors (Lipinski definition) is 4. The molecule has 0 spiro atoms. The minimum atomic E-state index is -4.43. The van der Waals surface area contributed by atoms with Crippen molar-refractivity contribution in [1.29, 1.82) is 0 Å². The predicted molar refractivity (Wildman–Crippen MR) is 128 cm³/mol. The average molecular weight is 568 g/mol. The maximum atomic E-state index is 12.8. The van der Waals surface area contributed by atoms with Crippen LogP contribution in [0.1, 0.15) is 41.6 Å². The maximum absolute atomic E-state index is 12.8. The normalized spacial score (nSPS) is 16.5. The molecular weight excluding hydrogens is 540 g/mol. The summed E-state index contributed by atoms with van der Waals surface area (Å²) in [6.45, 7) is 6.87. The van der Waals surface area contributed by atoms with Crippen LogP contribution in [0.4, 0.5) is 13.2 Å². The lowest BCUT2D eigenvalue weighted by Gasteiger charge is -2.39. The summed E-state index contributed by atoms with van der Waals surface area (Å²) < 4.78 is 43.9. The number of benzene rings is 1. The van der Waals surface area contributed by atoms with Crippen molar-refractivity contribution < 1.29 is 17.9 Å². The Bertz CT molecular complexity index is 866. The van der Waals surface area contributed by atoms with E-state index < -0.39 is 11.9 Å². The Kier molecular flexibility index (Phi) is 9.56. The number of nitrogens with one attached hydrogen (secondary N) is 2. The summed E-state index contributed by atoms with van der Waals surface area (Å²) in [6.07, 6.45) is -2.64. The molecule has 172 valence electrons. The molecule has 1 aliphatic heterocycles. The zero-order valence-corrected chi connectivity index (χ0v) is 20.7. The lowest BCUT2D eigenvalue weighted by Crippen LogP contribution is -2.48. The van der Waals surface area contributed by atoms with Gasteiger partial charge in [0.05, 0.1) is 6.54 Å². The van der Waals surface area contributed by atoms with Gasteiger partial charge in [-0.3, -0.25) is 0 Å². The number of aliphatic imine (C=N–C) groups is 1. The number of aryl methyl sites for hydroxylation is 1. The Morgan fingerprint density at radius 3 is 2.55 bits per heavy atom. The predicted octanol–water partition coefficient (Wildman–Crippen LogP) is 4.89. The number of hydrogen-bond donors (Lipinski definition) is 2. The van der Waals surface area contributed by atoms with E-state index in [-0.39, 0.29) is 35.9 Å². The molecule has 1 saturated heterocycles. The zero-order valence-electron chi connectivity index (χ0n) is 17.6. The van der Waals surface area contributed by atoms with Gasteiger partial charge in [-0.15, -0.1) is 35.3 Å². The third-order valence-corrected chi connectivity index (χ3v) is 6.15. The molecule has 0 amide bonds. The van der Waals surface area contributed by atoms with Crippen LogP contribution in [-0.4, -0.2) is 37.2 Å². The standard InChI is InChI=1S/C21H27F3N4OS.HI/c1-3-25-19(26-12-18-28-17(13-30-18)21(22,23)24)27-14-20(8-10-29-11-9-20)16-7-5-4-6-15(16)2;/h4-7,13H,3,8-12,14H2,1-2H3,(H2,25,26,27);1H. The number of halogens is 4. The van der Waals surface area contributed by atoms with Gasteiger partial charge in [-0.2, -0.15) is 13.2 Å². The molecule has 10 heteroatoms. The smallest absolute Gasteiger partial charge is 0.381 e. The Labute approximate surface area is 201 Å². The number of alkyl halides is 3. The summed E-state index contributed by atoms with van der Waals surface area (Å²) in [5, 5.41) is 7.94. The molecule has 1 aromatic heterocycles. The molecular formula is C21H28F3IN4OS. The van der Waals surface area contributed by atoms with Gasteiger partial charge < -0.3 is 15.4 Å². The maximum Gasteiger partial charge on any atom is 0.434 e. The fourth-order valence-electron chi connectivity index (χ4n) is 3.73. The third kappa shape index (κ3) is 6.79. The van der Waals surface area contributed by atoms with Crippen molar-refractivity contribution in [3.8, 4) is 0 Å². The van der Waals surface area contributed by atoms with Crippen LogP contribution in [0, 0.1) is 6.92 Å². The number of rotatable bonds is 6. The van der Waals surface area contributed by atoms with E-state index in [4.69, 9.17) is 4.74 Å². The van der Waals surface area contributed by atoms with Gasteiger partial charge in [0, 0.05) is 37.1 Å². The van der Waals surface area contributed by atoms with Crippen molar-refractivity contribution in [2.45, 2.75) is 44.8 Å². The summed E-state index contributed by atoms with van der Waals surface area (Å²) >= 11 is 0.970. The lowest BCUT2D eigenvalue weighted by atomic mass is 9.72. The molecule has 3 rings (SSSR count). The number of aromatic nitrogens is 1. The Morgan fingerprint density at radius 2 is 1.94 bits per heavy atom. The van der Waals surface area contributed by atoms with Gasteiger partial charge in [-0.1, -0.05) is 24.3 Å². The van der Waals surface area contributed by atoms with Crippen molar-refractivity contribution >= 4 is 41.3 Å². The van der Waals surface area contributed by atoms with Crippen molar-refractivity contribution in [3.63, 3.8) is 0 Å². The molecule has 31 heavy (non-hydrogen) atoms. The molecule has 0 saturated carbocycles. The molecule has 2 aromatic rings. The molecule has 5 nitrogen and oxygen atoms in total. The molecule has 0 atom stereocenters. The van der Waals surface area contributed by atoms with Gasteiger partial charge in [0.2, 0.25) is 0 Å². The van der Waals surface area contributed by atoms with Gasteiger partial charge in [0.25, 0.3) is 0 Å². The summed E-state index contributed by atoms with van der Waals surface area (Å²) in [6, 6.07) is 8.38. The van der Waals surface area contributed by atoms with Crippen LogP contribution in [-0.2, 0) is 22.9 Å². The van der Waals surface area contributed by atoms with Crippen LogP contribution in [0.2, 0.25) is 0 Å². The van der Waals surface area contributed by atoms with Crippen LogP contribution in [0.15, 0.2) is 34.6 Å². The second kappa shape index (κ2) is 11.5. The molecule has 1 aromatic carbocycles. The van der Waals surface area contributed by atoms with Crippen LogP contribution >= 0.6 is 35.3 Å². The highest BCUT2D eigenvalue weighted by Crippen LogP contribution is 2.36. The summed E-state index contributed by atoms with van der Waals surface area (Å²) in [5.74, 6) is 0.570. The number of nitrogens with zero attached hydrogens (tertiary/aromatic N) is 2. The second-order valence-corrected chi connectivity index (χ2v) is 8.32. The number of guanidine groups is 1. The first-order chi connectivity index (χ1) is 14.3. The minimum absolute atomic E-state index is 0. The summed E-state index contributed by atoms with van der Waals surface area (Å²) in [4.78, 5) is 8.11. The van der Waals surface area contributed by atoms with E-state index in [0.29, 0.717) is 37.3 Å². The van der Waals surface area contributed by atoms with Crippen LogP contribution in [0.5, 0.6) is 0 Å².